The minimum atomic E-state index is 0.833. The largest absolute Gasteiger partial charge is 0.304 e. The predicted molar refractivity (Wildman–Crippen MR) is 36.0 cm³/mol. The summed E-state index contributed by atoms with van der Waals surface area (Å²) in [7, 11) is 1.64. The molecule has 7 heavy (non-hydrogen) atoms. The van der Waals surface area contributed by atoms with Crippen molar-refractivity contribution in [1.29, 1.82) is 0 Å². The van der Waals surface area contributed by atoms with Crippen LogP contribution < -0.4 is 0 Å². The van der Waals surface area contributed by atoms with Crippen LogP contribution in [0.2, 0.25) is 0 Å². The lowest BCUT2D eigenvalue weighted by atomic mass is 10.3. The Balaban J connectivity index is 0. The molecule has 0 fully saturated rings. The number of aliphatic imine (C=N–C) groups is 1. The SMILES string of the molecule is C=NC.CC(C)C. The fourth-order valence-electron chi connectivity index (χ4n) is 0. The van der Waals surface area contributed by atoms with Crippen molar-refractivity contribution in [3.63, 3.8) is 0 Å². The summed E-state index contributed by atoms with van der Waals surface area (Å²) in [4.78, 5) is 3.25. The second-order valence-electron chi connectivity index (χ2n) is 2.05. The Morgan fingerprint density at radius 2 is 1.29 bits per heavy atom. The summed E-state index contributed by atoms with van der Waals surface area (Å²) in [5.41, 5.74) is 0. The molecule has 0 radical (unpaired) electrons. The van der Waals surface area contributed by atoms with Gasteiger partial charge in [-0.15, -0.1) is 0 Å². The van der Waals surface area contributed by atoms with Gasteiger partial charge in [0.25, 0.3) is 0 Å². The molecule has 1 heteroatoms. The molecule has 0 aromatic rings. The number of rotatable bonds is 0. The summed E-state index contributed by atoms with van der Waals surface area (Å²) in [5.74, 6) is 0.833. The molecule has 0 rings (SSSR count). The number of hydrogen-bond acceptors (Lipinski definition) is 1. The molecule has 0 aliphatic carbocycles. The molecule has 0 unspecified atom stereocenters. The average Bonchev–Trinajstić information content (AvgIpc) is 1.33. The quantitative estimate of drug-likeness (QED) is 0.414. The van der Waals surface area contributed by atoms with Crippen molar-refractivity contribution in [2.24, 2.45) is 10.9 Å². The molecule has 0 aromatic carbocycles. The topological polar surface area (TPSA) is 12.4 Å². The van der Waals surface area contributed by atoms with E-state index in [2.05, 4.69) is 32.5 Å². The lowest BCUT2D eigenvalue weighted by Crippen LogP contribution is -1.66. The first-order valence-corrected chi connectivity index (χ1v) is 2.50. The normalized spacial score (nSPS) is 7.00. The van der Waals surface area contributed by atoms with Gasteiger partial charge in [0.05, 0.1) is 0 Å². The van der Waals surface area contributed by atoms with Gasteiger partial charge in [-0.25, -0.2) is 0 Å². The van der Waals surface area contributed by atoms with Gasteiger partial charge in [-0.05, 0) is 12.6 Å². The molecule has 0 spiro atoms. The Hall–Kier alpha value is -0.330. The molecule has 0 N–H and O–H groups in total. The van der Waals surface area contributed by atoms with E-state index in [0.29, 0.717) is 0 Å². The van der Waals surface area contributed by atoms with Crippen LogP contribution in [0.15, 0.2) is 4.99 Å². The lowest BCUT2D eigenvalue weighted by molar-refractivity contribution is 0.737. The van der Waals surface area contributed by atoms with Crippen molar-refractivity contribution in [3.8, 4) is 0 Å². The Kier molecular flexibility index (Phi) is 12.9. The molecule has 0 amide bonds. The van der Waals surface area contributed by atoms with Gasteiger partial charge in [0, 0.05) is 7.05 Å². The lowest BCUT2D eigenvalue weighted by Gasteiger charge is -1.79. The third kappa shape index (κ3) is 701. The summed E-state index contributed by atoms with van der Waals surface area (Å²) in [6, 6.07) is 0. The first-order valence-electron chi connectivity index (χ1n) is 2.50. The minimum Gasteiger partial charge on any atom is -0.304 e. The third-order valence-corrected chi connectivity index (χ3v) is 0. The number of hydrogen-bond donors (Lipinski definition) is 0. The van der Waals surface area contributed by atoms with E-state index in [1.165, 1.54) is 0 Å². The van der Waals surface area contributed by atoms with Crippen molar-refractivity contribution in [3.05, 3.63) is 0 Å². The molecule has 0 aliphatic rings. The highest BCUT2D eigenvalue weighted by molar-refractivity contribution is 5.22. The maximum absolute atomic E-state index is 3.25. The summed E-state index contributed by atoms with van der Waals surface area (Å²) < 4.78 is 0. The fourth-order valence-corrected chi connectivity index (χ4v) is 0. The van der Waals surface area contributed by atoms with Crippen LogP contribution in [0.1, 0.15) is 20.8 Å². The van der Waals surface area contributed by atoms with Crippen molar-refractivity contribution in [2.75, 3.05) is 7.05 Å². The van der Waals surface area contributed by atoms with Crippen molar-refractivity contribution >= 4 is 6.72 Å². The zero-order valence-electron chi connectivity index (χ0n) is 5.73. The van der Waals surface area contributed by atoms with Crippen LogP contribution in [0, 0.1) is 5.92 Å². The standard InChI is InChI=1S/C4H10.C2H5N/c1-4(2)3;1-3-2/h4H,1-3H3;1H2,2H3. The zero-order valence-corrected chi connectivity index (χ0v) is 5.73. The summed E-state index contributed by atoms with van der Waals surface area (Å²) in [5, 5.41) is 0. The van der Waals surface area contributed by atoms with Gasteiger partial charge in [-0.3, -0.25) is 0 Å². The highest BCUT2D eigenvalue weighted by atomic mass is 14.6. The summed E-state index contributed by atoms with van der Waals surface area (Å²) >= 11 is 0. The maximum Gasteiger partial charge on any atom is 0.0269 e. The van der Waals surface area contributed by atoms with E-state index in [-0.39, 0.29) is 0 Å². The zero-order chi connectivity index (χ0) is 6.28. The average molecular weight is 101 g/mol. The molecular weight excluding hydrogens is 86.1 g/mol. The van der Waals surface area contributed by atoms with Gasteiger partial charge in [-0.1, -0.05) is 20.8 Å². The van der Waals surface area contributed by atoms with Crippen LogP contribution in [0.5, 0.6) is 0 Å². The Morgan fingerprint density at radius 3 is 1.29 bits per heavy atom. The van der Waals surface area contributed by atoms with Crippen molar-refractivity contribution < 1.29 is 0 Å². The Labute approximate surface area is 46.5 Å². The van der Waals surface area contributed by atoms with Crippen LogP contribution >= 0.6 is 0 Å². The molecule has 0 aliphatic heterocycles. The molecule has 0 saturated carbocycles. The van der Waals surface area contributed by atoms with Crippen molar-refractivity contribution in [2.45, 2.75) is 20.8 Å². The first-order chi connectivity index (χ1) is 3.15. The molecule has 0 heterocycles. The molecular formula is C6H15N. The van der Waals surface area contributed by atoms with E-state index in [9.17, 15) is 0 Å². The molecule has 0 aromatic heterocycles. The van der Waals surface area contributed by atoms with E-state index >= 15 is 0 Å². The summed E-state index contributed by atoms with van der Waals surface area (Å²) in [6.45, 7) is 9.61. The van der Waals surface area contributed by atoms with Gasteiger partial charge >= 0.3 is 0 Å². The minimum absolute atomic E-state index is 0.833. The van der Waals surface area contributed by atoms with Gasteiger partial charge in [-0.2, -0.15) is 0 Å². The van der Waals surface area contributed by atoms with Gasteiger partial charge in [0.1, 0.15) is 0 Å². The van der Waals surface area contributed by atoms with E-state index in [1.54, 1.807) is 7.05 Å². The van der Waals surface area contributed by atoms with Crippen LogP contribution in [-0.2, 0) is 0 Å². The second kappa shape index (κ2) is 9.18. The van der Waals surface area contributed by atoms with Crippen LogP contribution in [0.4, 0.5) is 0 Å². The predicted octanol–water partition coefficient (Wildman–Crippen LogP) is 1.98. The monoisotopic (exact) mass is 101 g/mol. The molecule has 44 valence electrons. The second-order valence-corrected chi connectivity index (χ2v) is 2.05. The molecule has 0 bridgehead atoms. The Morgan fingerprint density at radius 1 is 1.29 bits per heavy atom. The van der Waals surface area contributed by atoms with E-state index in [4.69, 9.17) is 0 Å². The van der Waals surface area contributed by atoms with Gasteiger partial charge in [0.15, 0.2) is 0 Å². The van der Waals surface area contributed by atoms with E-state index < -0.39 is 0 Å². The van der Waals surface area contributed by atoms with Gasteiger partial charge in [0.2, 0.25) is 0 Å². The van der Waals surface area contributed by atoms with Crippen LogP contribution in [0.25, 0.3) is 0 Å². The van der Waals surface area contributed by atoms with E-state index in [1.807, 2.05) is 0 Å². The first kappa shape index (κ1) is 9.83. The maximum atomic E-state index is 3.25. The fraction of sp³-hybridized carbons (Fsp3) is 0.833. The van der Waals surface area contributed by atoms with Crippen LogP contribution in [-0.4, -0.2) is 13.8 Å². The van der Waals surface area contributed by atoms with Crippen molar-refractivity contribution in [1.82, 2.24) is 0 Å². The smallest absolute Gasteiger partial charge is 0.0269 e. The van der Waals surface area contributed by atoms with Gasteiger partial charge < -0.3 is 4.99 Å². The molecule has 0 atom stereocenters. The van der Waals surface area contributed by atoms with Crippen LogP contribution in [0.3, 0.4) is 0 Å². The third-order valence-electron chi connectivity index (χ3n) is 0. The highest BCUT2D eigenvalue weighted by Gasteiger charge is 1.68. The summed E-state index contributed by atoms with van der Waals surface area (Å²) in [6.07, 6.45) is 0. The Bertz CT molecular complexity index is 28.4. The number of nitrogens with zero attached hydrogens (tertiary/aromatic N) is 1. The molecule has 1 nitrogen and oxygen atoms in total. The highest BCUT2D eigenvalue weighted by Crippen LogP contribution is 1.81. The van der Waals surface area contributed by atoms with E-state index in [0.717, 1.165) is 5.92 Å². The molecule has 0 saturated heterocycles.